The van der Waals surface area contributed by atoms with Crippen molar-refractivity contribution in [1.29, 1.82) is 0 Å². The molecule has 0 radical (unpaired) electrons. The highest BCUT2D eigenvalue weighted by atomic mass is 35.5. The highest BCUT2D eigenvalue weighted by Crippen LogP contribution is 2.39. The number of carboxylic acid groups (broad SMARTS) is 1. The van der Waals surface area contributed by atoms with E-state index < -0.39 is 12.3 Å². The Morgan fingerprint density at radius 3 is 2.68 bits per heavy atom. The Bertz CT molecular complexity index is 1340. The van der Waals surface area contributed by atoms with Crippen molar-refractivity contribution in [3.63, 3.8) is 0 Å². The molecule has 1 aliphatic rings. The maximum absolute atomic E-state index is 11.4. The van der Waals surface area contributed by atoms with E-state index in [-0.39, 0.29) is 5.56 Å². The Labute approximate surface area is 183 Å². The second-order valence-electron chi connectivity index (χ2n) is 7.36. The maximum Gasteiger partial charge on any atom is 0.336 e. The first-order valence-corrected chi connectivity index (χ1v) is 10.1. The summed E-state index contributed by atoms with van der Waals surface area (Å²) < 4.78 is 5.91. The lowest BCUT2D eigenvalue weighted by atomic mass is 10.0. The number of fused-ring (bicyclic) bond motifs is 2. The van der Waals surface area contributed by atoms with Crippen LogP contribution in [0.25, 0.3) is 22.0 Å². The summed E-state index contributed by atoms with van der Waals surface area (Å²) >= 11 is 6.59. The highest BCUT2D eigenvalue weighted by molar-refractivity contribution is 6.34. The fraction of sp³-hybridized carbons (Fsp3) is 0.0833. The number of carboxylic acids is 1. The zero-order chi connectivity index (χ0) is 21.5. The topological polar surface area (TPSA) is 83.5 Å². The molecule has 2 heterocycles. The number of rotatable bonds is 4. The number of hydrogen-bond acceptors (Lipinski definition) is 5. The molecule has 1 aromatic heterocycles. The van der Waals surface area contributed by atoms with Gasteiger partial charge in [-0.3, -0.25) is 4.98 Å². The molecule has 4 aromatic rings. The molecule has 0 spiro atoms. The lowest BCUT2D eigenvalue weighted by Gasteiger charge is -2.15. The number of pyridine rings is 1. The van der Waals surface area contributed by atoms with E-state index in [1.165, 1.54) is 6.07 Å². The van der Waals surface area contributed by atoms with Crippen LogP contribution in [0.4, 0.5) is 11.4 Å². The second kappa shape index (κ2) is 7.49. The van der Waals surface area contributed by atoms with Crippen LogP contribution in [0.1, 0.15) is 15.9 Å². The van der Waals surface area contributed by atoms with Crippen LogP contribution in [0, 0.1) is 6.92 Å². The lowest BCUT2D eigenvalue weighted by Crippen LogP contribution is -2.29. The van der Waals surface area contributed by atoms with Crippen molar-refractivity contribution in [3.8, 4) is 16.9 Å². The third-order valence-electron chi connectivity index (χ3n) is 5.29. The highest BCUT2D eigenvalue weighted by Gasteiger charge is 2.23. The zero-order valence-corrected chi connectivity index (χ0v) is 17.3. The monoisotopic (exact) mass is 431 g/mol. The molecule has 1 atom stereocenters. The first-order chi connectivity index (χ1) is 15.0. The first-order valence-electron chi connectivity index (χ1n) is 9.70. The van der Waals surface area contributed by atoms with Crippen LogP contribution in [-0.2, 0) is 0 Å². The maximum atomic E-state index is 11.4. The SMILES string of the molecule is Cc1ccc(OC2Nc3cc(Cl)c(-c4ccc5ncccc5c4)cc3N2)cc1C(=O)O. The molecule has 3 N–H and O–H groups in total. The van der Waals surface area contributed by atoms with Crippen molar-refractivity contribution in [3.05, 3.63) is 83.0 Å². The van der Waals surface area contributed by atoms with E-state index in [9.17, 15) is 9.90 Å². The van der Waals surface area contributed by atoms with Crippen LogP contribution >= 0.6 is 11.6 Å². The van der Waals surface area contributed by atoms with Gasteiger partial charge in [-0.15, -0.1) is 0 Å². The Kier molecular flexibility index (Phi) is 4.64. The van der Waals surface area contributed by atoms with E-state index in [4.69, 9.17) is 16.3 Å². The van der Waals surface area contributed by atoms with Crippen LogP contribution in [0.15, 0.2) is 66.9 Å². The summed E-state index contributed by atoms with van der Waals surface area (Å²) in [7, 11) is 0. The van der Waals surface area contributed by atoms with Gasteiger partial charge in [-0.2, -0.15) is 0 Å². The van der Waals surface area contributed by atoms with Gasteiger partial charge >= 0.3 is 5.97 Å². The summed E-state index contributed by atoms with van der Waals surface area (Å²) in [6.45, 7) is 1.75. The Hall–Kier alpha value is -3.77. The minimum Gasteiger partial charge on any atom is -0.478 e. The molecule has 0 saturated carbocycles. The minimum atomic E-state index is -0.986. The number of aromatic nitrogens is 1. The number of nitrogens with zero attached hydrogens (tertiary/aromatic N) is 1. The number of benzene rings is 3. The summed E-state index contributed by atoms with van der Waals surface area (Å²) in [4.78, 5) is 15.7. The molecule has 3 aromatic carbocycles. The van der Waals surface area contributed by atoms with Crippen molar-refractivity contribution in [1.82, 2.24) is 4.98 Å². The molecular weight excluding hydrogens is 414 g/mol. The number of aryl methyl sites for hydroxylation is 1. The molecule has 6 nitrogen and oxygen atoms in total. The molecule has 7 heteroatoms. The number of halogens is 1. The number of ether oxygens (including phenoxy) is 1. The Morgan fingerprint density at radius 2 is 1.87 bits per heavy atom. The van der Waals surface area contributed by atoms with Gasteiger partial charge in [-0.05, 0) is 60.5 Å². The van der Waals surface area contributed by atoms with E-state index in [0.29, 0.717) is 16.3 Å². The smallest absolute Gasteiger partial charge is 0.336 e. The lowest BCUT2D eigenvalue weighted by molar-refractivity contribution is 0.0695. The number of nitrogens with one attached hydrogen (secondary N) is 2. The molecule has 1 aliphatic heterocycles. The minimum absolute atomic E-state index is 0.212. The van der Waals surface area contributed by atoms with E-state index in [1.807, 2.05) is 36.4 Å². The van der Waals surface area contributed by atoms with Crippen LogP contribution < -0.4 is 15.4 Å². The van der Waals surface area contributed by atoms with Crippen molar-refractivity contribution in [2.75, 3.05) is 10.6 Å². The first kappa shape index (κ1) is 19.2. The van der Waals surface area contributed by atoms with Gasteiger partial charge < -0.3 is 20.5 Å². The third-order valence-corrected chi connectivity index (χ3v) is 5.60. The number of anilines is 2. The quantitative estimate of drug-likeness (QED) is 0.381. The van der Waals surface area contributed by atoms with Gasteiger partial charge in [-0.1, -0.05) is 29.8 Å². The van der Waals surface area contributed by atoms with Gasteiger partial charge in [0.2, 0.25) is 6.35 Å². The van der Waals surface area contributed by atoms with Crippen LogP contribution in [0.2, 0.25) is 5.02 Å². The van der Waals surface area contributed by atoms with Crippen LogP contribution in [0.3, 0.4) is 0 Å². The van der Waals surface area contributed by atoms with E-state index >= 15 is 0 Å². The van der Waals surface area contributed by atoms with E-state index in [1.54, 1.807) is 25.3 Å². The van der Waals surface area contributed by atoms with E-state index in [0.717, 1.165) is 33.4 Å². The van der Waals surface area contributed by atoms with Gasteiger partial charge in [-0.25, -0.2) is 4.79 Å². The van der Waals surface area contributed by atoms with Crippen molar-refractivity contribution in [2.45, 2.75) is 13.3 Å². The van der Waals surface area contributed by atoms with Crippen molar-refractivity contribution in [2.24, 2.45) is 0 Å². The van der Waals surface area contributed by atoms with Crippen molar-refractivity contribution >= 4 is 39.8 Å². The summed E-state index contributed by atoms with van der Waals surface area (Å²) in [5, 5.41) is 17.5. The molecular formula is C24H18ClN3O3. The van der Waals surface area contributed by atoms with Gasteiger partial charge in [0, 0.05) is 17.1 Å². The zero-order valence-electron chi connectivity index (χ0n) is 16.5. The van der Waals surface area contributed by atoms with Gasteiger partial charge in [0.15, 0.2) is 0 Å². The molecule has 0 amide bonds. The molecule has 31 heavy (non-hydrogen) atoms. The fourth-order valence-corrected chi connectivity index (χ4v) is 3.97. The molecule has 0 saturated heterocycles. The summed E-state index contributed by atoms with van der Waals surface area (Å²) in [6, 6.07) is 18.8. The molecule has 1 unspecified atom stereocenters. The predicted molar refractivity (Wildman–Crippen MR) is 122 cm³/mol. The Balaban J connectivity index is 1.41. The van der Waals surface area contributed by atoms with Crippen LogP contribution in [0.5, 0.6) is 5.75 Å². The molecule has 154 valence electrons. The van der Waals surface area contributed by atoms with Gasteiger partial charge in [0.25, 0.3) is 0 Å². The second-order valence-corrected chi connectivity index (χ2v) is 7.76. The summed E-state index contributed by atoms with van der Waals surface area (Å²) in [6.07, 6.45) is 1.22. The molecule has 0 fully saturated rings. The average molecular weight is 432 g/mol. The molecule has 5 rings (SSSR count). The normalized spacial score (nSPS) is 14.6. The third kappa shape index (κ3) is 3.62. The molecule has 0 aliphatic carbocycles. The van der Waals surface area contributed by atoms with Gasteiger partial charge in [0.1, 0.15) is 5.75 Å². The van der Waals surface area contributed by atoms with Gasteiger partial charge in [0.05, 0.1) is 27.5 Å². The molecule has 0 bridgehead atoms. The van der Waals surface area contributed by atoms with Crippen molar-refractivity contribution < 1.29 is 14.6 Å². The average Bonchev–Trinajstić information content (AvgIpc) is 3.15. The number of hydrogen-bond donors (Lipinski definition) is 3. The summed E-state index contributed by atoms with van der Waals surface area (Å²) in [5.41, 5.74) is 5.36. The van der Waals surface area contributed by atoms with Crippen LogP contribution in [-0.4, -0.2) is 22.4 Å². The predicted octanol–water partition coefficient (Wildman–Crippen LogP) is 5.76. The number of carbonyl (C=O) groups is 1. The Morgan fingerprint density at radius 1 is 1.06 bits per heavy atom. The fourth-order valence-electron chi connectivity index (χ4n) is 3.69. The largest absolute Gasteiger partial charge is 0.478 e. The van der Waals surface area contributed by atoms with E-state index in [2.05, 4.69) is 21.7 Å². The summed E-state index contributed by atoms with van der Waals surface area (Å²) in [5.74, 6) is -0.533. The standard InChI is InChI=1S/C24H18ClN3O3/c1-13-4-6-16(10-17(13)23(29)30)31-24-27-21-11-18(19(25)12-22(21)28-24)14-5-7-20-15(9-14)3-2-8-26-20/h2-12,24,27-28H,1H3,(H,29,30). The number of aromatic carboxylic acids is 1.